The molecule has 27 heavy (non-hydrogen) atoms. The number of amides is 1. The zero-order chi connectivity index (χ0) is 19.6. The standard InChI is InChI=1S/C15H12F3N5OS3/c1-8(24)23(11-4-2-3-9(5-11)15(16,17)18)13-20-10(6-25-13)7-26-14-22-21-12(19)27-14/h2-6H,7H2,1H3,(H2,19,21). The Kier molecular flexibility index (Phi) is 5.67. The van der Waals surface area contributed by atoms with Crippen LogP contribution in [0.25, 0.3) is 0 Å². The van der Waals surface area contributed by atoms with Crippen molar-refractivity contribution in [1.82, 2.24) is 15.2 Å². The van der Waals surface area contributed by atoms with Crippen molar-refractivity contribution in [3.8, 4) is 0 Å². The van der Waals surface area contributed by atoms with Gasteiger partial charge >= 0.3 is 6.18 Å². The van der Waals surface area contributed by atoms with Crippen LogP contribution in [0.15, 0.2) is 34.0 Å². The van der Waals surface area contributed by atoms with Gasteiger partial charge in [0, 0.05) is 18.1 Å². The van der Waals surface area contributed by atoms with E-state index < -0.39 is 17.6 Å². The number of halogens is 3. The molecule has 2 aromatic heterocycles. The van der Waals surface area contributed by atoms with Crippen LogP contribution in [-0.2, 0) is 16.7 Å². The van der Waals surface area contributed by atoms with Crippen LogP contribution in [0.2, 0.25) is 0 Å². The number of carbonyl (C=O) groups excluding carboxylic acids is 1. The molecule has 6 nitrogen and oxygen atoms in total. The molecule has 0 aliphatic rings. The Bertz CT molecular complexity index is 956. The van der Waals surface area contributed by atoms with Crippen LogP contribution in [-0.4, -0.2) is 21.1 Å². The van der Waals surface area contributed by atoms with E-state index in [0.717, 1.165) is 17.0 Å². The summed E-state index contributed by atoms with van der Waals surface area (Å²) in [6.07, 6.45) is -4.49. The monoisotopic (exact) mass is 431 g/mol. The molecule has 0 saturated carbocycles. The number of anilines is 3. The Morgan fingerprint density at radius 3 is 2.74 bits per heavy atom. The van der Waals surface area contributed by atoms with Crippen molar-refractivity contribution >= 4 is 56.3 Å². The molecule has 0 aliphatic heterocycles. The van der Waals surface area contributed by atoms with Gasteiger partial charge in [-0.15, -0.1) is 21.5 Å². The second-order valence-corrected chi connectivity index (χ2v) is 8.29. The van der Waals surface area contributed by atoms with Crippen molar-refractivity contribution in [1.29, 1.82) is 0 Å². The van der Waals surface area contributed by atoms with Gasteiger partial charge in [-0.05, 0) is 18.2 Å². The van der Waals surface area contributed by atoms with Gasteiger partial charge in [0.05, 0.1) is 16.9 Å². The maximum absolute atomic E-state index is 13.0. The molecule has 0 atom stereocenters. The fraction of sp³-hybridized carbons (Fsp3) is 0.200. The second-order valence-electron chi connectivity index (χ2n) is 5.22. The quantitative estimate of drug-likeness (QED) is 0.596. The number of rotatable bonds is 5. The summed E-state index contributed by atoms with van der Waals surface area (Å²) in [5, 5.41) is 10.0. The first-order valence-electron chi connectivity index (χ1n) is 7.38. The third-order valence-corrected chi connectivity index (χ3v) is 6.04. The maximum atomic E-state index is 13.0. The molecular formula is C15H12F3N5OS3. The minimum Gasteiger partial charge on any atom is -0.374 e. The number of hydrogen-bond donors (Lipinski definition) is 1. The summed E-state index contributed by atoms with van der Waals surface area (Å²) in [5.74, 6) is 0.0409. The largest absolute Gasteiger partial charge is 0.416 e. The molecule has 1 aromatic carbocycles. The number of hydrogen-bond acceptors (Lipinski definition) is 8. The number of carbonyl (C=O) groups is 1. The predicted molar refractivity (Wildman–Crippen MR) is 100 cm³/mol. The Balaban J connectivity index is 1.82. The van der Waals surface area contributed by atoms with E-state index in [1.54, 1.807) is 5.38 Å². The van der Waals surface area contributed by atoms with Gasteiger partial charge in [0.15, 0.2) is 9.47 Å². The number of benzene rings is 1. The van der Waals surface area contributed by atoms with E-state index in [1.807, 2.05) is 0 Å². The zero-order valence-electron chi connectivity index (χ0n) is 13.7. The summed E-state index contributed by atoms with van der Waals surface area (Å²) in [7, 11) is 0. The first kappa shape index (κ1) is 19.6. The summed E-state index contributed by atoms with van der Waals surface area (Å²) in [6.45, 7) is 1.28. The molecule has 3 rings (SSSR count). The average Bonchev–Trinajstić information content (AvgIpc) is 3.21. The Labute approximate surface area is 164 Å². The first-order chi connectivity index (χ1) is 12.7. The van der Waals surface area contributed by atoms with Crippen molar-refractivity contribution in [3.05, 3.63) is 40.9 Å². The lowest BCUT2D eigenvalue weighted by atomic mass is 10.2. The van der Waals surface area contributed by atoms with E-state index in [1.165, 1.54) is 53.5 Å². The fourth-order valence-electron chi connectivity index (χ4n) is 2.13. The molecule has 0 radical (unpaired) electrons. The number of thioether (sulfide) groups is 1. The van der Waals surface area contributed by atoms with Gasteiger partial charge in [-0.25, -0.2) is 4.98 Å². The van der Waals surface area contributed by atoms with E-state index in [-0.39, 0.29) is 5.69 Å². The summed E-state index contributed by atoms with van der Waals surface area (Å²) < 4.78 is 39.6. The van der Waals surface area contributed by atoms with Crippen molar-refractivity contribution < 1.29 is 18.0 Å². The van der Waals surface area contributed by atoms with Crippen LogP contribution < -0.4 is 10.6 Å². The first-order valence-corrected chi connectivity index (χ1v) is 10.1. The van der Waals surface area contributed by atoms with Gasteiger partial charge < -0.3 is 5.73 Å². The van der Waals surface area contributed by atoms with Gasteiger partial charge in [0.2, 0.25) is 11.0 Å². The average molecular weight is 431 g/mol. The van der Waals surface area contributed by atoms with E-state index in [2.05, 4.69) is 15.2 Å². The second kappa shape index (κ2) is 7.82. The third-order valence-electron chi connectivity index (χ3n) is 3.24. The molecule has 0 aliphatic carbocycles. The fourth-order valence-corrected chi connectivity index (χ4v) is 4.65. The Morgan fingerprint density at radius 2 is 2.11 bits per heavy atom. The minimum atomic E-state index is -4.49. The smallest absolute Gasteiger partial charge is 0.374 e. The van der Waals surface area contributed by atoms with Crippen LogP contribution in [0.4, 0.5) is 29.1 Å². The van der Waals surface area contributed by atoms with Gasteiger partial charge in [-0.1, -0.05) is 29.2 Å². The van der Waals surface area contributed by atoms with Crippen LogP contribution in [0.5, 0.6) is 0 Å². The number of nitrogen functional groups attached to an aromatic ring is 1. The molecule has 12 heteroatoms. The molecule has 0 saturated heterocycles. The highest BCUT2D eigenvalue weighted by molar-refractivity contribution is 8.00. The minimum absolute atomic E-state index is 0.114. The highest BCUT2D eigenvalue weighted by Crippen LogP contribution is 2.35. The SMILES string of the molecule is CC(=O)N(c1cccc(C(F)(F)F)c1)c1nc(CSc2nnc(N)s2)cs1. The van der Waals surface area contributed by atoms with Crippen LogP contribution in [0.3, 0.4) is 0 Å². The van der Waals surface area contributed by atoms with Gasteiger partial charge in [0.1, 0.15) is 0 Å². The van der Waals surface area contributed by atoms with E-state index >= 15 is 0 Å². The van der Waals surface area contributed by atoms with Crippen LogP contribution >= 0.6 is 34.4 Å². The van der Waals surface area contributed by atoms with Gasteiger partial charge in [-0.2, -0.15) is 13.2 Å². The molecule has 0 bridgehead atoms. The van der Waals surface area contributed by atoms with E-state index in [0.29, 0.717) is 26.0 Å². The van der Waals surface area contributed by atoms with Crippen molar-refractivity contribution in [2.75, 3.05) is 10.6 Å². The number of thiazole rings is 1. The lowest BCUT2D eigenvalue weighted by molar-refractivity contribution is -0.137. The highest BCUT2D eigenvalue weighted by Gasteiger charge is 2.31. The summed E-state index contributed by atoms with van der Waals surface area (Å²) in [4.78, 5) is 17.6. The topological polar surface area (TPSA) is 85.0 Å². The van der Waals surface area contributed by atoms with Crippen molar-refractivity contribution in [2.45, 2.75) is 23.2 Å². The lowest BCUT2D eigenvalue weighted by Gasteiger charge is -2.19. The predicted octanol–water partition coefficient (Wildman–Crippen LogP) is 4.57. The Morgan fingerprint density at radius 1 is 1.33 bits per heavy atom. The molecule has 2 N–H and O–H groups in total. The van der Waals surface area contributed by atoms with Crippen LogP contribution in [0, 0.1) is 0 Å². The Hall–Kier alpha value is -2.18. The van der Waals surface area contributed by atoms with Crippen molar-refractivity contribution in [3.63, 3.8) is 0 Å². The van der Waals surface area contributed by atoms with E-state index in [4.69, 9.17) is 5.73 Å². The molecule has 1 amide bonds. The maximum Gasteiger partial charge on any atom is 0.416 e. The molecular weight excluding hydrogens is 419 g/mol. The highest BCUT2D eigenvalue weighted by atomic mass is 32.2. The van der Waals surface area contributed by atoms with Crippen molar-refractivity contribution in [2.24, 2.45) is 0 Å². The molecule has 0 unspecified atom stereocenters. The number of nitrogens with two attached hydrogens (primary N) is 1. The summed E-state index contributed by atoms with van der Waals surface area (Å²) in [6, 6.07) is 4.59. The molecule has 142 valence electrons. The normalized spacial score (nSPS) is 11.6. The van der Waals surface area contributed by atoms with Gasteiger partial charge in [-0.3, -0.25) is 9.69 Å². The van der Waals surface area contributed by atoms with Crippen LogP contribution in [0.1, 0.15) is 18.2 Å². The molecule has 0 fully saturated rings. The number of nitrogens with zero attached hydrogens (tertiary/aromatic N) is 4. The number of aromatic nitrogens is 3. The molecule has 0 spiro atoms. The molecule has 2 heterocycles. The third kappa shape index (κ3) is 4.76. The summed E-state index contributed by atoms with van der Waals surface area (Å²) in [5.41, 5.74) is 5.49. The lowest BCUT2D eigenvalue weighted by Crippen LogP contribution is -2.23. The summed E-state index contributed by atoms with van der Waals surface area (Å²) >= 11 is 3.81. The molecule has 3 aromatic rings. The van der Waals surface area contributed by atoms with Gasteiger partial charge in [0.25, 0.3) is 0 Å². The zero-order valence-corrected chi connectivity index (χ0v) is 16.2. The van der Waals surface area contributed by atoms with E-state index in [9.17, 15) is 18.0 Å². The number of alkyl halides is 3.